The molecule has 1 unspecified atom stereocenters. The monoisotopic (exact) mass is 145 g/mol. The zero-order chi connectivity index (χ0) is 7.98. The number of carbonyl (C=O) groups is 1. The molecule has 0 aliphatic rings. The molecule has 0 heterocycles. The van der Waals surface area contributed by atoms with E-state index in [4.69, 9.17) is 15.9 Å². The average Bonchev–Trinajstić information content (AvgIpc) is 1.85. The van der Waals surface area contributed by atoms with Gasteiger partial charge in [-0.2, -0.15) is 0 Å². The van der Waals surface area contributed by atoms with Gasteiger partial charge in [-0.1, -0.05) is 0 Å². The summed E-state index contributed by atoms with van der Waals surface area (Å²) in [7, 11) is 0. The number of aliphatic hydroxyl groups is 1. The maximum Gasteiger partial charge on any atom is 0.328 e. The number of hydrogen-bond acceptors (Lipinski definition) is 3. The Balaban J connectivity index is 3.55. The molecule has 1 atom stereocenters. The number of aliphatic hydroxyl groups excluding tert-OH is 1. The molecule has 0 fully saturated rings. The molecule has 0 amide bonds. The van der Waals surface area contributed by atoms with Gasteiger partial charge in [-0.15, -0.1) is 0 Å². The highest BCUT2D eigenvalue weighted by atomic mass is 16.4. The van der Waals surface area contributed by atoms with Crippen molar-refractivity contribution in [3.8, 4) is 0 Å². The predicted octanol–water partition coefficient (Wildman–Crippen LogP) is -0.663. The van der Waals surface area contributed by atoms with Crippen LogP contribution in [0.5, 0.6) is 0 Å². The molecule has 0 saturated carbocycles. The first-order valence-corrected chi connectivity index (χ1v) is 2.96. The molecule has 10 heavy (non-hydrogen) atoms. The van der Waals surface area contributed by atoms with E-state index in [-0.39, 0.29) is 0 Å². The number of carboxylic acid groups (broad SMARTS) is 1. The third-order valence-electron chi connectivity index (χ3n) is 0.923. The van der Waals surface area contributed by atoms with Crippen molar-refractivity contribution in [2.75, 3.05) is 6.54 Å². The normalized spacial score (nSPS) is 13.8. The van der Waals surface area contributed by atoms with E-state index in [1.807, 2.05) is 0 Å². The summed E-state index contributed by atoms with van der Waals surface area (Å²) in [4.78, 5) is 9.88. The van der Waals surface area contributed by atoms with Gasteiger partial charge in [0.15, 0.2) is 0 Å². The lowest BCUT2D eigenvalue weighted by molar-refractivity contribution is -0.131. The minimum absolute atomic E-state index is 0.352. The summed E-state index contributed by atoms with van der Waals surface area (Å²) in [6, 6.07) is 0. The molecular weight excluding hydrogens is 134 g/mol. The fourth-order valence-electron chi connectivity index (χ4n) is 0.460. The minimum Gasteiger partial charge on any atom is -0.478 e. The van der Waals surface area contributed by atoms with Crippen LogP contribution in [0.4, 0.5) is 0 Å². The van der Waals surface area contributed by atoms with Crippen LogP contribution in [-0.2, 0) is 4.79 Å². The Labute approximate surface area is 59.0 Å². The second-order valence-electron chi connectivity index (χ2n) is 1.84. The van der Waals surface area contributed by atoms with Gasteiger partial charge >= 0.3 is 5.97 Å². The number of aliphatic carboxylic acids is 1. The summed E-state index contributed by atoms with van der Waals surface area (Å²) >= 11 is 0. The SMILES string of the molecule is NCCC(O)/C=C/C(=O)O. The number of rotatable bonds is 4. The standard InChI is InChI=1S/C6H11NO3/c7-4-3-5(8)1-2-6(9)10/h1-2,5,8H,3-4,7H2,(H,9,10)/b2-1+. The van der Waals surface area contributed by atoms with Crippen molar-refractivity contribution in [3.63, 3.8) is 0 Å². The smallest absolute Gasteiger partial charge is 0.328 e. The highest BCUT2D eigenvalue weighted by Gasteiger charge is 1.96. The average molecular weight is 145 g/mol. The van der Waals surface area contributed by atoms with Crippen molar-refractivity contribution in [1.82, 2.24) is 0 Å². The molecule has 4 heteroatoms. The first-order chi connectivity index (χ1) is 4.66. The first-order valence-electron chi connectivity index (χ1n) is 2.96. The van der Waals surface area contributed by atoms with Crippen LogP contribution in [0.15, 0.2) is 12.2 Å². The quantitative estimate of drug-likeness (QED) is 0.458. The molecular formula is C6H11NO3. The number of hydrogen-bond donors (Lipinski definition) is 3. The maximum absolute atomic E-state index is 9.88. The summed E-state index contributed by atoms with van der Waals surface area (Å²) in [5, 5.41) is 17.0. The molecule has 4 N–H and O–H groups in total. The fourth-order valence-corrected chi connectivity index (χ4v) is 0.460. The molecule has 0 saturated heterocycles. The number of carboxylic acids is 1. The van der Waals surface area contributed by atoms with Gasteiger partial charge in [-0.3, -0.25) is 0 Å². The molecule has 0 rings (SSSR count). The zero-order valence-corrected chi connectivity index (χ0v) is 5.53. The summed E-state index contributed by atoms with van der Waals surface area (Å²) in [5.41, 5.74) is 5.09. The summed E-state index contributed by atoms with van der Waals surface area (Å²) in [6.45, 7) is 0.352. The van der Waals surface area contributed by atoms with E-state index in [0.29, 0.717) is 13.0 Å². The molecule has 0 aromatic heterocycles. The van der Waals surface area contributed by atoms with Crippen LogP contribution in [0, 0.1) is 0 Å². The lowest BCUT2D eigenvalue weighted by Crippen LogP contribution is -2.10. The first kappa shape index (κ1) is 9.13. The Hall–Kier alpha value is -0.870. The topological polar surface area (TPSA) is 83.5 Å². The van der Waals surface area contributed by atoms with E-state index in [0.717, 1.165) is 6.08 Å². The van der Waals surface area contributed by atoms with Gasteiger partial charge in [0, 0.05) is 6.08 Å². The molecule has 0 aromatic carbocycles. The van der Waals surface area contributed by atoms with E-state index in [1.54, 1.807) is 0 Å². The Morgan fingerprint density at radius 2 is 2.30 bits per heavy atom. The van der Waals surface area contributed by atoms with Crippen molar-refractivity contribution >= 4 is 5.97 Å². The van der Waals surface area contributed by atoms with Crippen LogP contribution in [0.1, 0.15) is 6.42 Å². The molecule has 0 aromatic rings. The van der Waals surface area contributed by atoms with Crippen molar-refractivity contribution < 1.29 is 15.0 Å². The van der Waals surface area contributed by atoms with Crippen molar-refractivity contribution in [1.29, 1.82) is 0 Å². The fraction of sp³-hybridized carbons (Fsp3) is 0.500. The van der Waals surface area contributed by atoms with Gasteiger partial charge in [0.05, 0.1) is 6.10 Å². The van der Waals surface area contributed by atoms with Gasteiger partial charge in [0.2, 0.25) is 0 Å². The minimum atomic E-state index is -1.06. The summed E-state index contributed by atoms with van der Waals surface area (Å²) < 4.78 is 0. The molecule has 0 aliphatic carbocycles. The Kier molecular flexibility index (Phi) is 4.53. The van der Waals surface area contributed by atoms with Crippen LogP contribution in [0.2, 0.25) is 0 Å². The van der Waals surface area contributed by atoms with E-state index in [1.165, 1.54) is 6.08 Å². The van der Waals surface area contributed by atoms with Crippen molar-refractivity contribution in [2.45, 2.75) is 12.5 Å². The van der Waals surface area contributed by atoms with Crippen LogP contribution in [0.25, 0.3) is 0 Å². The van der Waals surface area contributed by atoms with Gasteiger partial charge in [-0.25, -0.2) is 4.79 Å². The van der Waals surface area contributed by atoms with Gasteiger partial charge in [0.25, 0.3) is 0 Å². The number of nitrogens with two attached hydrogens (primary N) is 1. The maximum atomic E-state index is 9.88. The van der Waals surface area contributed by atoms with Gasteiger partial charge < -0.3 is 15.9 Å². The van der Waals surface area contributed by atoms with E-state index in [2.05, 4.69) is 0 Å². The van der Waals surface area contributed by atoms with E-state index < -0.39 is 12.1 Å². The van der Waals surface area contributed by atoms with E-state index >= 15 is 0 Å². The second kappa shape index (κ2) is 4.96. The Morgan fingerprint density at radius 3 is 2.70 bits per heavy atom. The largest absolute Gasteiger partial charge is 0.478 e. The lowest BCUT2D eigenvalue weighted by atomic mass is 10.2. The van der Waals surface area contributed by atoms with Crippen molar-refractivity contribution in [3.05, 3.63) is 12.2 Å². The van der Waals surface area contributed by atoms with Crippen molar-refractivity contribution in [2.24, 2.45) is 5.73 Å². The molecule has 0 spiro atoms. The molecule has 58 valence electrons. The van der Waals surface area contributed by atoms with Gasteiger partial charge in [-0.05, 0) is 19.0 Å². The van der Waals surface area contributed by atoms with Crippen LogP contribution >= 0.6 is 0 Å². The zero-order valence-electron chi connectivity index (χ0n) is 5.53. The molecule has 0 aliphatic heterocycles. The van der Waals surface area contributed by atoms with Gasteiger partial charge in [0.1, 0.15) is 0 Å². The Bertz CT molecular complexity index is 133. The van der Waals surface area contributed by atoms with Crippen LogP contribution in [-0.4, -0.2) is 28.8 Å². The Morgan fingerprint density at radius 1 is 1.70 bits per heavy atom. The lowest BCUT2D eigenvalue weighted by Gasteiger charge is -1.99. The second-order valence-corrected chi connectivity index (χ2v) is 1.84. The van der Waals surface area contributed by atoms with Crippen LogP contribution in [0.3, 0.4) is 0 Å². The summed E-state index contributed by atoms with van der Waals surface area (Å²) in [6.07, 6.45) is 1.76. The predicted molar refractivity (Wildman–Crippen MR) is 36.5 cm³/mol. The third kappa shape index (κ3) is 5.27. The third-order valence-corrected chi connectivity index (χ3v) is 0.923. The van der Waals surface area contributed by atoms with E-state index in [9.17, 15) is 4.79 Å². The molecule has 4 nitrogen and oxygen atoms in total. The molecule has 0 radical (unpaired) electrons. The highest BCUT2D eigenvalue weighted by Crippen LogP contribution is 1.90. The van der Waals surface area contributed by atoms with Crippen LogP contribution < -0.4 is 5.73 Å². The molecule has 0 bridgehead atoms. The summed E-state index contributed by atoms with van der Waals surface area (Å²) in [5.74, 6) is -1.06. The highest BCUT2D eigenvalue weighted by molar-refractivity contribution is 5.79.